The summed E-state index contributed by atoms with van der Waals surface area (Å²) >= 11 is 0. The van der Waals surface area contributed by atoms with Crippen molar-refractivity contribution < 1.29 is 0 Å². The molecule has 1 heteroatoms. The predicted octanol–water partition coefficient (Wildman–Crippen LogP) is 7.01. The quantitative estimate of drug-likeness (QED) is 0.388. The normalized spacial score (nSPS) is 10.8. The van der Waals surface area contributed by atoms with Crippen LogP contribution in [0.2, 0.25) is 0 Å². The number of nitrogens with zero attached hydrogens (tertiary/aromatic N) is 1. The Morgan fingerprint density at radius 1 is 0.556 bits per heavy atom. The van der Waals surface area contributed by atoms with Gasteiger partial charge in [-0.15, -0.1) is 0 Å². The summed E-state index contributed by atoms with van der Waals surface area (Å²) < 4.78 is 0. The highest BCUT2D eigenvalue weighted by molar-refractivity contribution is 5.78. The van der Waals surface area contributed by atoms with E-state index in [0.29, 0.717) is 0 Å². The van der Waals surface area contributed by atoms with Crippen molar-refractivity contribution in [2.24, 2.45) is 0 Å². The minimum absolute atomic E-state index is 1.02. The Balaban J connectivity index is 1.77. The molecule has 0 amide bonds. The Hall–Kier alpha value is -3.19. The Kier molecular flexibility index (Phi) is 4.60. The fourth-order valence-electron chi connectivity index (χ4n) is 3.47. The van der Waals surface area contributed by atoms with E-state index in [0.717, 1.165) is 11.3 Å². The van der Waals surface area contributed by atoms with Crippen molar-refractivity contribution in [2.75, 3.05) is 0 Å². The molecule has 4 rings (SSSR count). The van der Waals surface area contributed by atoms with E-state index in [2.05, 4.69) is 105 Å². The van der Waals surface area contributed by atoms with Crippen molar-refractivity contribution in [3.05, 3.63) is 102 Å². The van der Waals surface area contributed by atoms with Gasteiger partial charge in [0.05, 0.1) is 5.69 Å². The van der Waals surface area contributed by atoms with Crippen LogP contribution in [0.1, 0.15) is 16.7 Å². The first kappa shape index (κ1) is 17.2. The van der Waals surface area contributed by atoms with Crippen LogP contribution < -0.4 is 0 Å². The van der Waals surface area contributed by atoms with Gasteiger partial charge in [-0.1, -0.05) is 78.4 Å². The van der Waals surface area contributed by atoms with Gasteiger partial charge < -0.3 is 0 Å². The third-order valence-electron chi connectivity index (χ3n) is 5.07. The van der Waals surface area contributed by atoms with Crippen molar-refractivity contribution >= 4 is 0 Å². The second-order valence-electron chi connectivity index (χ2n) is 7.15. The average Bonchev–Trinajstić information content (AvgIpc) is 2.70. The predicted molar refractivity (Wildman–Crippen MR) is 115 cm³/mol. The highest BCUT2D eigenvalue weighted by atomic mass is 14.7. The third kappa shape index (κ3) is 3.54. The van der Waals surface area contributed by atoms with Gasteiger partial charge in [0.15, 0.2) is 0 Å². The molecule has 4 aromatic rings. The molecule has 0 N–H and O–H groups in total. The minimum Gasteiger partial charge on any atom is -0.256 e. The summed E-state index contributed by atoms with van der Waals surface area (Å²) in [7, 11) is 0. The van der Waals surface area contributed by atoms with E-state index in [-0.39, 0.29) is 0 Å². The fraction of sp³-hybridized carbons (Fsp3) is 0.115. The van der Waals surface area contributed by atoms with Gasteiger partial charge in [0.1, 0.15) is 0 Å². The fourth-order valence-corrected chi connectivity index (χ4v) is 3.47. The molecular formula is C26H23N. The first-order chi connectivity index (χ1) is 13.1. The van der Waals surface area contributed by atoms with E-state index in [1.165, 1.54) is 38.9 Å². The van der Waals surface area contributed by atoms with Crippen molar-refractivity contribution in [3.63, 3.8) is 0 Å². The second kappa shape index (κ2) is 7.20. The number of hydrogen-bond donors (Lipinski definition) is 0. The van der Waals surface area contributed by atoms with E-state index in [1.807, 2.05) is 6.20 Å². The van der Waals surface area contributed by atoms with Crippen LogP contribution in [0, 0.1) is 20.8 Å². The molecule has 0 aliphatic rings. The maximum Gasteiger partial charge on any atom is 0.0708 e. The van der Waals surface area contributed by atoms with Crippen molar-refractivity contribution in [1.29, 1.82) is 0 Å². The zero-order valence-corrected chi connectivity index (χ0v) is 16.0. The first-order valence-electron chi connectivity index (χ1n) is 9.32. The lowest BCUT2D eigenvalue weighted by molar-refractivity contribution is 1.26. The molecular weight excluding hydrogens is 326 g/mol. The van der Waals surface area contributed by atoms with Crippen LogP contribution in [0.15, 0.2) is 85.1 Å². The standard InChI is InChI=1S/C26H23N/c1-18-9-11-22(12-10-18)26-16-25(20(3)17-27-26)24-14-13-23(15-19(24)2)21-7-5-4-6-8-21/h4-17H,1-3H3. The molecule has 0 unspecified atom stereocenters. The van der Waals surface area contributed by atoms with Crippen molar-refractivity contribution in [2.45, 2.75) is 20.8 Å². The number of benzene rings is 3. The summed E-state index contributed by atoms with van der Waals surface area (Å²) in [6.45, 7) is 6.43. The van der Waals surface area contributed by atoms with Gasteiger partial charge in [0, 0.05) is 11.8 Å². The molecule has 0 bridgehead atoms. The number of rotatable bonds is 3. The highest BCUT2D eigenvalue weighted by Gasteiger charge is 2.10. The zero-order chi connectivity index (χ0) is 18.8. The Labute approximate surface area is 161 Å². The lowest BCUT2D eigenvalue weighted by Crippen LogP contribution is -1.92. The molecule has 0 fully saturated rings. The summed E-state index contributed by atoms with van der Waals surface area (Å²) in [4.78, 5) is 4.66. The molecule has 0 aliphatic carbocycles. The van der Waals surface area contributed by atoms with Gasteiger partial charge in [-0.3, -0.25) is 4.98 Å². The maximum absolute atomic E-state index is 4.66. The van der Waals surface area contributed by atoms with E-state index < -0.39 is 0 Å². The monoisotopic (exact) mass is 349 g/mol. The van der Waals surface area contributed by atoms with Gasteiger partial charge >= 0.3 is 0 Å². The maximum atomic E-state index is 4.66. The summed E-state index contributed by atoms with van der Waals surface area (Å²) in [5.41, 5.74) is 10.9. The highest BCUT2D eigenvalue weighted by Crippen LogP contribution is 2.32. The van der Waals surface area contributed by atoms with Crippen molar-refractivity contribution in [3.8, 4) is 33.5 Å². The minimum atomic E-state index is 1.02. The van der Waals surface area contributed by atoms with Crippen LogP contribution in [-0.2, 0) is 0 Å². The Morgan fingerprint density at radius 3 is 1.96 bits per heavy atom. The van der Waals surface area contributed by atoms with Crippen molar-refractivity contribution in [1.82, 2.24) is 4.98 Å². The number of hydrogen-bond acceptors (Lipinski definition) is 1. The van der Waals surface area contributed by atoms with Gasteiger partial charge in [-0.2, -0.15) is 0 Å². The molecule has 132 valence electrons. The summed E-state index contributed by atoms with van der Waals surface area (Å²) in [5.74, 6) is 0. The first-order valence-corrected chi connectivity index (χ1v) is 9.32. The second-order valence-corrected chi connectivity index (χ2v) is 7.15. The molecule has 1 aromatic heterocycles. The molecule has 0 radical (unpaired) electrons. The molecule has 3 aromatic carbocycles. The molecule has 0 saturated carbocycles. The largest absolute Gasteiger partial charge is 0.256 e. The Bertz CT molecular complexity index is 1080. The molecule has 0 atom stereocenters. The van der Waals surface area contributed by atoms with Crippen LogP contribution in [0.5, 0.6) is 0 Å². The number of aromatic nitrogens is 1. The van der Waals surface area contributed by atoms with Gasteiger partial charge in [0.2, 0.25) is 0 Å². The van der Waals surface area contributed by atoms with Crippen LogP contribution >= 0.6 is 0 Å². The molecule has 27 heavy (non-hydrogen) atoms. The number of aryl methyl sites for hydroxylation is 3. The van der Waals surface area contributed by atoms with Crippen LogP contribution in [-0.4, -0.2) is 4.98 Å². The zero-order valence-electron chi connectivity index (χ0n) is 16.0. The SMILES string of the molecule is Cc1ccc(-c2cc(-c3ccc(-c4ccccc4)cc3C)c(C)cn2)cc1. The molecule has 0 spiro atoms. The van der Waals surface area contributed by atoms with Crippen LogP contribution in [0.4, 0.5) is 0 Å². The molecule has 0 aliphatic heterocycles. The van der Waals surface area contributed by atoms with Crippen LogP contribution in [0.3, 0.4) is 0 Å². The van der Waals surface area contributed by atoms with Gasteiger partial charge in [-0.25, -0.2) is 0 Å². The molecule has 1 nitrogen and oxygen atoms in total. The Morgan fingerprint density at radius 2 is 1.26 bits per heavy atom. The van der Waals surface area contributed by atoms with Gasteiger partial charge in [-0.05, 0) is 60.2 Å². The van der Waals surface area contributed by atoms with E-state index >= 15 is 0 Å². The third-order valence-corrected chi connectivity index (χ3v) is 5.07. The molecule has 0 saturated heterocycles. The summed E-state index contributed by atoms with van der Waals surface area (Å²) in [6, 6.07) is 28.0. The molecule has 1 heterocycles. The van der Waals surface area contributed by atoms with Crippen LogP contribution in [0.25, 0.3) is 33.5 Å². The van der Waals surface area contributed by atoms with E-state index in [9.17, 15) is 0 Å². The summed E-state index contributed by atoms with van der Waals surface area (Å²) in [6.07, 6.45) is 1.98. The van der Waals surface area contributed by atoms with E-state index in [1.54, 1.807) is 0 Å². The smallest absolute Gasteiger partial charge is 0.0708 e. The summed E-state index contributed by atoms with van der Waals surface area (Å²) in [5, 5.41) is 0. The average molecular weight is 349 g/mol. The lowest BCUT2D eigenvalue weighted by atomic mass is 9.93. The van der Waals surface area contributed by atoms with Gasteiger partial charge in [0.25, 0.3) is 0 Å². The number of pyridine rings is 1. The topological polar surface area (TPSA) is 12.9 Å². The lowest BCUT2D eigenvalue weighted by Gasteiger charge is -2.13. The van der Waals surface area contributed by atoms with E-state index in [4.69, 9.17) is 0 Å².